The molecule has 5 nitrogen and oxygen atoms in total. The van der Waals surface area contributed by atoms with Crippen molar-refractivity contribution in [2.45, 2.75) is 24.7 Å². The number of hydrogen-bond acceptors (Lipinski definition) is 5. The molecule has 0 aliphatic carbocycles. The smallest absolute Gasteiger partial charge is 0.107 e. The summed E-state index contributed by atoms with van der Waals surface area (Å²) in [5.41, 5.74) is 2.53. The number of hydrogen-bond donors (Lipinski definition) is 2. The molecule has 3 rings (SSSR count). The van der Waals surface area contributed by atoms with Crippen LogP contribution in [0.3, 0.4) is 0 Å². The van der Waals surface area contributed by atoms with Crippen molar-refractivity contribution in [2.75, 3.05) is 6.61 Å². The van der Waals surface area contributed by atoms with Crippen LogP contribution in [-0.4, -0.2) is 29.0 Å². The molecule has 0 bridgehead atoms. The van der Waals surface area contributed by atoms with Crippen LogP contribution in [0.1, 0.15) is 18.1 Å². The Bertz CT molecular complexity index is 628. The van der Waals surface area contributed by atoms with Crippen LogP contribution in [0.2, 0.25) is 0 Å². The third-order valence-corrected chi connectivity index (χ3v) is 3.71. The standard InChI is InChI=1S/C17H18N2O3/c20-11-17-15(21)10-16(22-17)12-6-8-14(9-7-12)19-18-13-4-2-1-3-5-13/h1-9,15-17,20-21H,10-11H2/t15-,16+,17+/m0/s1. The second-order valence-electron chi connectivity index (χ2n) is 5.28. The molecule has 2 aromatic rings. The van der Waals surface area contributed by atoms with Crippen molar-refractivity contribution in [3.63, 3.8) is 0 Å². The highest BCUT2D eigenvalue weighted by atomic mass is 16.5. The normalized spacial score (nSPS) is 24.9. The maximum atomic E-state index is 9.77. The molecule has 0 radical (unpaired) electrons. The molecule has 2 N–H and O–H groups in total. The van der Waals surface area contributed by atoms with E-state index in [1.807, 2.05) is 54.6 Å². The first-order valence-corrected chi connectivity index (χ1v) is 7.27. The van der Waals surface area contributed by atoms with Gasteiger partial charge in [-0.25, -0.2) is 0 Å². The Kier molecular flexibility index (Phi) is 4.58. The molecule has 0 unspecified atom stereocenters. The summed E-state index contributed by atoms with van der Waals surface area (Å²) in [6.45, 7) is -0.166. The van der Waals surface area contributed by atoms with Gasteiger partial charge in [-0.2, -0.15) is 10.2 Å². The van der Waals surface area contributed by atoms with Crippen LogP contribution in [0.25, 0.3) is 0 Å². The summed E-state index contributed by atoms with van der Waals surface area (Å²) in [6, 6.07) is 17.1. The van der Waals surface area contributed by atoms with Crippen LogP contribution in [0.15, 0.2) is 64.8 Å². The minimum absolute atomic E-state index is 0.166. The second kappa shape index (κ2) is 6.79. The molecule has 1 heterocycles. The van der Waals surface area contributed by atoms with E-state index in [4.69, 9.17) is 9.84 Å². The van der Waals surface area contributed by atoms with Crippen molar-refractivity contribution in [3.8, 4) is 0 Å². The average molecular weight is 298 g/mol. The highest BCUT2D eigenvalue weighted by Gasteiger charge is 2.34. The van der Waals surface area contributed by atoms with E-state index in [0.717, 1.165) is 16.9 Å². The maximum Gasteiger partial charge on any atom is 0.107 e. The minimum atomic E-state index is -0.618. The quantitative estimate of drug-likeness (QED) is 0.851. The molecule has 0 amide bonds. The lowest BCUT2D eigenvalue weighted by Gasteiger charge is -2.12. The molecule has 1 aliphatic rings. The number of nitrogens with zero attached hydrogens (tertiary/aromatic N) is 2. The summed E-state index contributed by atoms with van der Waals surface area (Å²) < 4.78 is 5.62. The average Bonchev–Trinajstić information content (AvgIpc) is 2.95. The zero-order valence-corrected chi connectivity index (χ0v) is 12.0. The van der Waals surface area contributed by atoms with Crippen LogP contribution in [0.5, 0.6) is 0 Å². The summed E-state index contributed by atoms with van der Waals surface area (Å²) in [5.74, 6) is 0. The fourth-order valence-electron chi connectivity index (χ4n) is 2.47. The molecule has 2 aromatic carbocycles. The fraction of sp³-hybridized carbons (Fsp3) is 0.294. The molecule has 5 heteroatoms. The monoisotopic (exact) mass is 298 g/mol. The summed E-state index contributed by atoms with van der Waals surface area (Å²) in [5, 5.41) is 27.2. The largest absolute Gasteiger partial charge is 0.394 e. The van der Waals surface area contributed by atoms with Crippen LogP contribution < -0.4 is 0 Å². The highest BCUT2D eigenvalue weighted by Crippen LogP contribution is 2.33. The molecule has 0 spiro atoms. The number of rotatable bonds is 4. The Morgan fingerprint density at radius 1 is 0.955 bits per heavy atom. The minimum Gasteiger partial charge on any atom is -0.394 e. The molecule has 0 saturated carbocycles. The van der Waals surface area contributed by atoms with Crippen molar-refractivity contribution in [3.05, 3.63) is 60.2 Å². The van der Waals surface area contributed by atoms with Gasteiger partial charge in [-0.3, -0.25) is 0 Å². The third kappa shape index (κ3) is 3.39. The molecule has 22 heavy (non-hydrogen) atoms. The number of aliphatic hydroxyl groups is 2. The Labute approximate surface area is 128 Å². The van der Waals surface area contributed by atoms with Gasteiger partial charge in [-0.15, -0.1) is 0 Å². The van der Waals surface area contributed by atoms with Crippen molar-refractivity contribution in [1.82, 2.24) is 0 Å². The number of benzene rings is 2. The van der Waals surface area contributed by atoms with E-state index in [0.29, 0.717) is 6.42 Å². The number of azo groups is 1. The van der Waals surface area contributed by atoms with E-state index >= 15 is 0 Å². The SMILES string of the molecule is OC[C@H]1O[C@@H](c2ccc(N=Nc3ccccc3)cc2)C[C@@H]1O. The van der Waals surface area contributed by atoms with Gasteiger partial charge in [0.25, 0.3) is 0 Å². The lowest BCUT2D eigenvalue weighted by atomic mass is 10.0. The molecule has 1 aliphatic heterocycles. The first-order chi connectivity index (χ1) is 10.8. The molecule has 3 atom stereocenters. The van der Waals surface area contributed by atoms with Crippen LogP contribution >= 0.6 is 0 Å². The first-order valence-electron chi connectivity index (χ1n) is 7.27. The van der Waals surface area contributed by atoms with Crippen LogP contribution in [0, 0.1) is 0 Å². The molecule has 1 saturated heterocycles. The van der Waals surface area contributed by atoms with Crippen molar-refractivity contribution >= 4 is 11.4 Å². The first kappa shape index (κ1) is 14.8. The zero-order chi connectivity index (χ0) is 15.4. The van der Waals surface area contributed by atoms with E-state index in [-0.39, 0.29) is 12.7 Å². The van der Waals surface area contributed by atoms with Gasteiger partial charge >= 0.3 is 0 Å². The van der Waals surface area contributed by atoms with Gasteiger partial charge in [-0.05, 0) is 29.8 Å². The lowest BCUT2D eigenvalue weighted by Crippen LogP contribution is -2.24. The van der Waals surface area contributed by atoms with E-state index in [2.05, 4.69) is 10.2 Å². The second-order valence-corrected chi connectivity index (χ2v) is 5.28. The molecule has 0 aromatic heterocycles. The van der Waals surface area contributed by atoms with Gasteiger partial charge in [-0.1, -0.05) is 30.3 Å². The van der Waals surface area contributed by atoms with Crippen molar-refractivity contribution in [2.24, 2.45) is 10.2 Å². The molecule has 114 valence electrons. The predicted molar refractivity (Wildman–Crippen MR) is 82.4 cm³/mol. The van der Waals surface area contributed by atoms with Crippen LogP contribution in [-0.2, 0) is 4.74 Å². The number of aliphatic hydroxyl groups excluding tert-OH is 2. The molecular formula is C17H18N2O3. The topological polar surface area (TPSA) is 74.4 Å². The Balaban J connectivity index is 1.67. The van der Waals surface area contributed by atoms with Crippen molar-refractivity contribution < 1.29 is 14.9 Å². The van der Waals surface area contributed by atoms with E-state index in [9.17, 15) is 5.11 Å². The van der Waals surface area contributed by atoms with Gasteiger partial charge < -0.3 is 14.9 Å². The van der Waals surface area contributed by atoms with Crippen molar-refractivity contribution in [1.29, 1.82) is 0 Å². The van der Waals surface area contributed by atoms with Gasteiger partial charge in [0.1, 0.15) is 6.10 Å². The third-order valence-electron chi connectivity index (χ3n) is 3.71. The fourth-order valence-corrected chi connectivity index (χ4v) is 2.47. The number of ether oxygens (including phenoxy) is 1. The van der Waals surface area contributed by atoms with E-state index in [1.165, 1.54) is 0 Å². The summed E-state index contributed by atoms with van der Waals surface area (Å²) in [4.78, 5) is 0. The van der Waals surface area contributed by atoms with Gasteiger partial charge in [0.15, 0.2) is 0 Å². The Hall–Kier alpha value is -2.08. The Morgan fingerprint density at radius 3 is 2.18 bits per heavy atom. The summed E-state index contributed by atoms with van der Waals surface area (Å²) in [7, 11) is 0. The summed E-state index contributed by atoms with van der Waals surface area (Å²) in [6.07, 6.45) is -0.807. The van der Waals surface area contributed by atoms with Gasteiger partial charge in [0.2, 0.25) is 0 Å². The highest BCUT2D eigenvalue weighted by molar-refractivity contribution is 5.41. The van der Waals surface area contributed by atoms with E-state index < -0.39 is 12.2 Å². The predicted octanol–water partition coefficient (Wildman–Crippen LogP) is 3.29. The molecular weight excluding hydrogens is 280 g/mol. The summed E-state index contributed by atoms with van der Waals surface area (Å²) >= 11 is 0. The van der Waals surface area contributed by atoms with Gasteiger partial charge in [0, 0.05) is 6.42 Å². The maximum absolute atomic E-state index is 9.77. The van der Waals surface area contributed by atoms with Crippen LogP contribution in [0.4, 0.5) is 11.4 Å². The Morgan fingerprint density at radius 2 is 1.59 bits per heavy atom. The van der Waals surface area contributed by atoms with Gasteiger partial charge in [0.05, 0.1) is 30.2 Å². The molecule has 1 fully saturated rings. The zero-order valence-electron chi connectivity index (χ0n) is 12.0. The van der Waals surface area contributed by atoms with E-state index in [1.54, 1.807) is 0 Å². The lowest BCUT2D eigenvalue weighted by molar-refractivity contribution is -0.0225.